The second-order valence-electron chi connectivity index (χ2n) is 5.12. The van der Waals surface area contributed by atoms with Crippen LogP contribution in [0.1, 0.15) is 37.8 Å². The van der Waals surface area contributed by atoms with E-state index in [0.717, 1.165) is 30.1 Å². The van der Waals surface area contributed by atoms with Gasteiger partial charge in [-0.3, -0.25) is 0 Å². The number of nitrogens with zero attached hydrogens (tertiary/aromatic N) is 3. The molecule has 0 spiro atoms. The van der Waals surface area contributed by atoms with Crippen molar-refractivity contribution in [1.82, 2.24) is 20.3 Å². The molecule has 0 unspecified atom stereocenters. The first-order valence-corrected chi connectivity index (χ1v) is 8.04. The van der Waals surface area contributed by atoms with E-state index in [0.29, 0.717) is 11.9 Å². The van der Waals surface area contributed by atoms with Gasteiger partial charge in [-0.1, -0.05) is 27.2 Å². The summed E-state index contributed by atoms with van der Waals surface area (Å²) in [4.78, 5) is 14.4. The maximum absolute atomic E-state index is 5.15. The molecule has 2 aromatic rings. The molecule has 1 N–H and O–H groups in total. The van der Waals surface area contributed by atoms with Crippen LogP contribution in [0, 0.1) is 0 Å². The summed E-state index contributed by atoms with van der Waals surface area (Å²) in [5.41, 5.74) is 1.99. The van der Waals surface area contributed by atoms with Crippen LogP contribution in [0.25, 0.3) is 10.7 Å². The zero-order chi connectivity index (χ0) is 15.2. The van der Waals surface area contributed by atoms with Gasteiger partial charge in [0.1, 0.15) is 17.0 Å². The highest BCUT2D eigenvalue weighted by molar-refractivity contribution is 7.15. The Labute approximate surface area is 129 Å². The van der Waals surface area contributed by atoms with Gasteiger partial charge in [0.25, 0.3) is 0 Å². The molecule has 0 saturated heterocycles. The molecule has 0 aromatic carbocycles. The number of hydrogen-bond donors (Lipinski definition) is 1. The Bertz CT molecular complexity index is 583. The third-order valence-electron chi connectivity index (χ3n) is 3.01. The van der Waals surface area contributed by atoms with Crippen molar-refractivity contribution in [3.05, 3.63) is 23.0 Å². The van der Waals surface area contributed by atoms with Gasteiger partial charge in [0, 0.05) is 23.5 Å². The van der Waals surface area contributed by atoms with Crippen molar-refractivity contribution in [3.8, 4) is 16.6 Å². The van der Waals surface area contributed by atoms with Gasteiger partial charge in [-0.05, 0) is 6.42 Å². The third-order valence-corrected chi connectivity index (χ3v) is 4.13. The van der Waals surface area contributed by atoms with Crippen molar-refractivity contribution in [1.29, 1.82) is 0 Å². The number of hydrogen-bond acceptors (Lipinski definition) is 6. The summed E-state index contributed by atoms with van der Waals surface area (Å²) in [5.74, 6) is 0.564. The van der Waals surface area contributed by atoms with E-state index in [1.165, 1.54) is 16.9 Å². The normalized spacial score (nSPS) is 11.1. The van der Waals surface area contributed by atoms with Crippen molar-refractivity contribution in [2.75, 3.05) is 7.11 Å². The van der Waals surface area contributed by atoms with Crippen molar-refractivity contribution in [2.45, 2.75) is 46.2 Å². The predicted molar refractivity (Wildman–Crippen MR) is 85.7 cm³/mol. The molecule has 0 saturated carbocycles. The van der Waals surface area contributed by atoms with Crippen LogP contribution in [0.15, 0.2) is 12.4 Å². The maximum atomic E-state index is 5.15. The van der Waals surface area contributed by atoms with Gasteiger partial charge in [0.2, 0.25) is 5.88 Å². The maximum Gasteiger partial charge on any atom is 0.216 e. The van der Waals surface area contributed by atoms with Gasteiger partial charge >= 0.3 is 0 Å². The van der Waals surface area contributed by atoms with Crippen LogP contribution >= 0.6 is 11.3 Å². The van der Waals surface area contributed by atoms with Crippen molar-refractivity contribution >= 4 is 11.3 Å². The van der Waals surface area contributed by atoms with Gasteiger partial charge in [0.15, 0.2) is 0 Å². The fraction of sp³-hybridized carbons (Fsp3) is 0.533. The molecule has 2 aromatic heterocycles. The van der Waals surface area contributed by atoms with Gasteiger partial charge in [-0.2, -0.15) is 0 Å². The highest BCUT2D eigenvalue weighted by Crippen LogP contribution is 2.28. The van der Waals surface area contributed by atoms with Crippen molar-refractivity contribution in [2.24, 2.45) is 0 Å². The minimum absolute atomic E-state index is 0.462. The molecule has 0 aliphatic carbocycles. The van der Waals surface area contributed by atoms with Gasteiger partial charge in [-0.15, -0.1) is 11.3 Å². The quantitative estimate of drug-likeness (QED) is 0.852. The van der Waals surface area contributed by atoms with Crippen molar-refractivity contribution in [3.63, 3.8) is 0 Å². The largest absolute Gasteiger partial charge is 0.481 e. The lowest BCUT2D eigenvalue weighted by molar-refractivity contribution is 0.397. The van der Waals surface area contributed by atoms with Crippen LogP contribution in [0.3, 0.4) is 0 Å². The van der Waals surface area contributed by atoms with E-state index in [-0.39, 0.29) is 0 Å². The summed E-state index contributed by atoms with van der Waals surface area (Å²) < 4.78 is 5.15. The number of rotatable bonds is 7. The molecular formula is C15H22N4OS. The second kappa shape index (κ2) is 7.47. The lowest BCUT2D eigenvalue weighted by Gasteiger charge is -2.07. The smallest absolute Gasteiger partial charge is 0.216 e. The molecular weight excluding hydrogens is 284 g/mol. The lowest BCUT2D eigenvalue weighted by atomic mass is 10.2. The summed E-state index contributed by atoms with van der Waals surface area (Å²) >= 11 is 1.69. The number of ether oxygens (including phenoxy) is 1. The summed E-state index contributed by atoms with van der Waals surface area (Å²) in [6.07, 6.45) is 3.60. The van der Waals surface area contributed by atoms with E-state index >= 15 is 0 Å². The molecule has 0 aliphatic rings. The zero-order valence-electron chi connectivity index (χ0n) is 13.0. The van der Waals surface area contributed by atoms with Gasteiger partial charge in [0.05, 0.1) is 12.8 Å². The molecule has 21 heavy (non-hydrogen) atoms. The fourth-order valence-electron chi connectivity index (χ4n) is 1.93. The van der Waals surface area contributed by atoms with Crippen LogP contribution in [-0.4, -0.2) is 28.1 Å². The molecule has 5 nitrogen and oxygen atoms in total. The SMILES string of the molecule is CCCc1nc(-c2cc(OC)ncn2)sc1CNC(C)C. The van der Waals surface area contributed by atoms with Crippen LogP contribution in [-0.2, 0) is 13.0 Å². The Morgan fingerprint density at radius 1 is 1.33 bits per heavy atom. The first-order valence-electron chi connectivity index (χ1n) is 7.22. The Kier molecular flexibility index (Phi) is 5.64. The molecule has 2 heterocycles. The van der Waals surface area contributed by atoms with Crippen LogP contribution < -0.4 is 10.1 Å². The minimum Gasteiger partial charge on any atom is -0.481 e. The molecule has 6 heteroatoms. The Morgan fingerprint density at radius 2 is 2.14 bits per heavy atom. The lowest BCUT2D eigenvalue weighted by Crippen LogP contribution is -2.21. The van der Waals surface area contributed by atoms with Gasteiger partial charge < -0.3 is 10.1 Å². The average molecular weight is 306 g/mol. The van der Waals surface area contributed by atoms with Crippen LogP contribution in [0.5, 0.6) is 5.88 Å². The second-order valence-corrected chi connectivity index (χ2v) is 6.20. The molecule has 0 bridgehead atoms. The van der Waals surface area contributed by atoms with E-state index in [4.69, 9.17) is 9.72 Å². The van der Waals surface area contributed by atoms with Crippen LogP contribution in [0.2, 0.25) is 0 Å². The molecule has 0 amide bonds. The highest BCUT2D eigenvalue weighted by Gasteiger charge is 2.14. The number of nitrogens with one attached hydrogen (secondary N) is 1. The Balaban J connectivity index is 2.28. The van der Waals surface area contributed by atoms with E-state index in [1.54, 1.807) is 18.4 Å². The summed E-state index contributed by atoms with van der Waals surface area (Å²) in [6, 6.07) is 2.29. The van der Waals surface area contributed by atoms with Gasteiger partial charge in [-0.25, -0.2) is 15.0 Å². The predicted octanol–water partition coefficient (Wildman–Crippen LogP) is 3.06. The molecule has 0 atom stereocenters. The Hall–Kier alpha value is -1.53. The van der Waals surface area contributed by atoms with Crippen molar-refractivity contribution < 1.29 is 4.74 Å². The number of aromatic nitrogens is 3. The first-order chi connectivity index (χ1) is 10.1. The van der Waals surface area contributed by atoms with E-state index in [1.807, 2.05) is 6.07 Å². The molecule has 0 radical (unpaired) electrons. The monoisotopic (exact) mass is 306 g/mol. The molecule has 2 rings (SSSR count). The summed E-state index contributed by atoms with van der Waals surface area (Å²) in [7, 11) is 1.61. The Morgan fingerprint density at radius 3 is 2.81 bits per heavy atom. The summed E-state index contributed by atoms with van der Waals surface area (Å²) in [5, 5.41) is 4.39. The first kappa shape index (κ1) is 15.9. The number of methoxy groups -OCH3 is 1. The van der Waals surface area contributed by atoms with Crippen LogP contribution in [0.4, 0.5) is 0 Å². The van der Waals surface area contributed by atoms with E-state index < -0.39 is 0 Å². The van der Waals surface area contributed by atoms with E-state index in [9.17, 15) is 0 Å². The number of thiazole rings is 1. The fourth-order valence-corrected chi connectivity index (χ4v) is 2.95. The third kappa shape index (κ3) is 4.22. The molecule has 0 aliphatic heterocycles. The van der Waals surface area contributed by atoms with E-state index in [2.05, 4.69) is 36.1 Å². The topological polar surface area (TPSA) is 59.9 Å². The number of aryl methyl sites for hydroxylation is 1. The minimum atomic E-state index is 0.462. The molecule has 114 valence electrons. The zero-order valence-corrected chi connectivity index (χ0v) is 13.8. The average Bonchev–Trinajstić information content (AvgIpc) is 2.89. The summed E-state index contributed by atoms with van der Waals surface area (Å²) in [6.45, 7) is 7.33. The molecule has 0 fully saturated rings. The highest BCUT2D eigenvalue weighted by atomic mass is 32.1. The standard InChI is InChI=1S/C15H22N4OS/c1-5-6-11-13(8-16-10(2)3)21-15(19-11)12-7-14(20-4)18-9-17-12/h7,9-10,16H,5-6,8H2,1-4H3.